The molecule has 4 heteroatoms. The highest BCUT2D eigenvalue weighted by atomic mass is 15.2. The second-order valence-electron chi connectivity index (χ2n) is 4.92. The van der Waals surface area contributed by atoms with Gasteiger partial charge >= 0.3 is 0 Å². The Morgan fingerprint density at radius 1 is 1.22 bits per heavy atom. The van der Waals surface area contributed by atoms with Crippen molar-refractivity contribution in [3.63, 3.8) is 0 Å². The van der Waals surface area contributed by atoms with Crippen LogP contribution in [0, 0.1) is 6.92 Å². The van der Waals surface area contributed by atoms with Gasteiger partial charge in [-0.1, -0.05) is 6.92 Å². The van der Waals surface area contributed by atoms with Crippen LogP contribution in [-0.4, -0.2) is 29.6 Å². The third-order valence-electron chi connectivity index (χ3n) is 3.09. The Labute approximate surface area is 111 Å². The van der Waals surface area contributed by atoms with Gasteiger partial charge in [-0.25, -0.2) is 9.97 Å². The molecule has 0 bridgehead atoms. The molecule has 0 aliphatic carbocycles. The van der Waals surface area contributed by atoms with Gasteiger partial charge in [0.1, 0.15) is 17.5 Å². The number of aromatic nitrogens is 2. The van der Waals surface area contributed by atoms with Crippen LogP contribution in [0.5, 0.6) is 0 Å². The summed E-state index contributed by atoms with van der Waals surface area (Å²) in [6, 6.07) is 0.433. The minimum Gasteiger partial charge on any atom is -0.370 e. The predicted octanol–water partition coefficient (Wildman–Crippen LogP) is 3.01. The van der Waals surface area contributed by atoms with E-state index in [9.17, 15) is 0 Å². The minimum atomic E-state index is 0.433. The Balaban J connectivity index is 3.21. The zero-order chi connectivity index (χ0) is 13.7. The fourth-order valence-corrected chi connectivity index (χ4v) is 1.81. The van der Waals surface area contributed by atoms with Crippen molar-refractivity contribution in [1.82, 2.24) is 9.97 Å². The lowest BCUT2D eigenvalue weighted by Crippen LogP contribution is -2.28. The molecule has 0 radical (unpaired) electrons. The van der Waals surface area contributed by atoms with Crippen molar-refractivity contribution in [1.29, 1.82) is 0 Å². The normalized spacial score (nSPS) is 10.8. The van der Waals surface area contributed by atoms with Gasteiger partial charge in [0.05, 0.1) is 0 Å². The molecule has 1 aromatic heterocycles. The summed E-state index contributed by atoms with van der Waals surface area (Å²) in [6.45, 7) is 11.6. The number of nitrogens with zero attached hydrogens (tertiary/aromatic N) is 3. The first-order chi connectivity index (χ1) is 8.51. The summed E-state index contributed by atoms with van der Waals surface area (Å²) in [4.78, 5) is 11.5. The molecule has 0 fully saturated rings. The second kappa shape index (κ2) is 6.57. The molecular formula is C14H26N4. The number of nitrogens with one attached hydrogen (secondary N) is 1. The van der Waals surface area contributed by atoms with Crippen LogP contribution in [0.3, 0.4) is 0 Å². The molecule has 1 rings (SSSR count). The summed E-state index contributed by atoms with van der Waals surface area (Å²) < 4.78 is 0. The van der Waals surface area contributed by atoms with Gasteiger partial charge in [0.25, 0.3) is 0 Å². The van der Waals surface area contributed by atoms with Gasteiger partial charge in [-0.15, -0.1) is 0 Å². The molecule has 0 atom stereocenters. The van der Waals surface area contributed by atoms with Crippen LogP contribution in [0.4, 0.5) is 11.6 Å². The van der Waals surface area contributed by atoms with Crippen LogP contribution in [-0.2, 0) is 6.42 Å². The molecule has 0 spiro atoms. The van der Waals surface area contributed by atoms with E-state index in [1.165, 1.54) is 0 Å². The summed E-state index contributed by atoms with van der Waals surface area (Å²) in [5, 5.41) is 3.33. The maximum atomic E-state index is 4.70. The Kier molecular flexibility index (Phi) is 5.38. The van der Waals surface area contributed by atoms with E-state index >= 15 is 0 Å². The average molecular weight is 250 g/mol. The van der Waals surface area contributed by atoms with Crippen LogP contribution in [0.2, 0.25) is 0 Å². The van der Waals surface area contributed by atoms with Gasteiger partial charge in [0.15, 0.2) is 0 Å². The topological polar surface area (TPSA) is 41.1 Å². The zero-order valence-electron chi connectivity index (χ0n) is 12.5. The molecule has 0 unspecified atom stereocenters. The number of anilines is 2. The van der Waals surface area contributed by atoms with E-state index in [0.29, 0.717) is 6.04 Å². The third-order valence-corrected chi connectivity index (χ3v) is 3.09. The molecule has 0 saturated carbocycles. The van der Waals surface area contributed by atoms with Crippen LogP contribution >= 0.6 is 0 Å². The SMILES string of the molecule is CCCc1nc(NCC)c(C)c(N(C)C(C)C)n1. The maximum absolute atomic E-state index is 4.70. The lowest BCUT2D eigenvalue weighted by atomic mass is 10.2. The summed E-state index contributed by atoms with van der Waals surface area (Å²) in [6.07, 6.45) is 2.00. The number of hydrogen-bond acceptors (Lipinski definition) is 4. The van der Waals surface area contributed by atoms with Crippen molar-refractivity contribution < 1.29 is 0 Å². The van der Waals surface area contributed by atoms with E-state index in [2.05, 4.69) is 56.9 Å². The van der Waals surface area contributed by atoms with E-state index in [1.807, 2.05) is 0 Å². The van der Waals surface area contributed by atoms with Gasteiger partial charge in [0, 0.05) is 31.6 Å². The molecule has 102 valence electrons. The van der Waals surface area contributed by atoms with Crippen LogP contribution in [0.15, 0.2) is 0 Å². The fraction of sp³-hybridized carbons (Fsp3) is 0.714. The van der Waals surface area contributed by atoms with Gasteiger partial charge in [-0.05, 0) is 34.1 Å². The first kappa shape index (κ1) is 14.7. The minimum absolute atomic E-state index is 0.433. The molecule has 1 N–H and O–H groups in total. The predicted molar refractivity (Wildman–Crippen MR) is 78.5 cm³/mol. The van der Waals surface area contributed by atoms with Crippen LogP contribution in [0.1, 0.15) is 45.5 Å². The average Bonchev–Trinajstić information content (AvgIpc) is 2.32. The highest BCUT2D eigenvalue weighted by molar-refractivity contribution is 5.58. The largest absolute Gasteiger partial charge is 0.370 e. The zero-order valence-corrected chi connectivity index (χ0v) is 12.5. The fourth-order valence-electron chi connectivity index (χ4n) is 1.81. The van der Waals surface area contributed by atoms with Crippen LogP contribution in [0.25, 0.3) is 0 Å². The molecule has 1 aromatic rings. The van der Waals surface area contributed by atoms with E-state index < -0.39 is 0 Å². The van der Waals surface area contributed by atoms with Crippen molar-refractivity contribution in [3.8, 4) is 0 Å². The van der Waals surface area contributed by atoms with Crippen molar-refractivity contribution in [3.05, 3.63) is 11.4 Å². The van der Waals surface area contributed by atoms with Crippen molar-refractivity contribution >= 4 is 11.6 Å². The van der Waals surface area contributed by atoms with Crippen molar-refractivity contribution in [2.24, 2.45) is 0 Å². The van der Waals surface area contributed by atoms with E-state index in [-0.39, 0.29) is 0 Å². The summed E-state index contributed by atoms with van der Waals surface area (Å²) in [5.74, 6) is 2.94. The quantitative estimate of drug-likeness (QED) is 0.842. The maximum Gasteiger partial charge on any atom is 0.137 e. The molecular weight excluding hydrogens is 224 g/mol. The van der Waals surface area contributed by atoms with E-state index in [4.69, 9.17) is 4.98 Å². The van der Waals surface area contributed by atoms with E-state index in [1.54, 1.807) is 0 Å². The highest BCUT2D eigenvalue weighted by Crippen LogP contribution is 2.24. The summed E-state index contributed by atoms with van der Waals surface area (Å²) in [5.41, 5.74) is 1.13. The molecule has 0 saturated heterocycles. The highest BCUT2D eigenvalue weighted by Gasteiger charge is 2.15. The molecule has 0 aliphatic heterocycles. The number of rotatable bonds is 6. The Morgan fingerprint density at radius 3 is 2.39 bits per heavy atom. The molecule has 4 nitrogen and oxygen atoms in total. The van der Waals surface area contributed by atoms with Crippen molar-refractivity contribution in [2.75, 3.05) is 23.8 Å². The van der Waals surface area contributed by atoms with E-state index in [0.717, 1.165) is 42.4 Å². The molecule has 0 amide bonds. The lowest BCUT2D eigenvalue weighted by Gasteiger charge is -2.25. The Bertz CT molecular complexity index is 388. The standard InChI is InChI=1S/C14H26N4/c1-7-9-12-16-13(15-8-2)11(5)14(17-12)18(6)10(3)4/h10H,7-9H2,1-6H3,(H,15,16,17). The first-order valence-corrected chi connectivity index (χ1v) is 6.85. The second-order valence-corrected chi connectivity index (χ2v) is 4.92. The van der Waals surface area contributed by atoms with Crippen LogP contribution < -0.4 is 10.2 Å². The van der Waals surface area contributed by atoms with Gasteiger partial charge in [0.2, 0.25) is 0 Å². The first-order valence-electron chi connectivity index (χ1n) is 6.85. The van der Waals surface area contributed by atoms with Gasteiger partial charge in [-0.2, -0.15) is 0 Å². The number of aryl methyl sites for hydroxylation is 1. The van der Waals surface area contributed by atoms with Gasteiger partial charge in [-0.3, -0.25) is 0 Å². The summed E-state index contributed by atoms with van der Waals surface area (Å²) in [7, 11) is 2.09. The Hall–Kier alpha value is -1.32. The monoisotopic (exact) mass is 250 g/mol. The summed E-state index contributed by atoms with van der Waals surface area (Å²) >= 11 is 0. The molecule has 0 aromatic carbocycles. The number of hydrogen-bond donors (Lipinski definition) is 1. The molecule has 18 heavy (non-hydrogen) atoms. The van der Waals surface area contributed by atoms with Crippen molar-refractivity contribution in [2.45, 2.75) is 53.5 Å². The molecule has 0 aliphatic rings. The lowest BCUT2D eigenvalue weighted by molar-refractivity contribution is 0.727. The third kappa shape index (κ3) is 3.34. The molecule has 1 heterocycles. The smallest absolute Gasteiger partial charge is 0.137 e. The Morgan fingerprint density at radius 2 is 1.89 bits per heavy atom. The van der Waals surface area contributed by atoms with Gasteiger partial charge < -0.3 is 10.2 Å².